The number of methoxy groups -OCH3 is 1. The second-order valence-corrected chi connectivity index (χ2v) is 4.91. The van der Waals surface area contributed by atoms with Gasteiger partial charge in [0.15, 0.2) is 11.5 Å². The number of nitrogens with one attached hydrogen (secondary N) is 2. The summed E-state index contributed by atoms with van der Waals surface area (Å²) in [7, 11) is 1.62. The molecule has 0 spiro atoms. The Morgan fingerprint density at radius 3 is 3.00 bits per heavy atom. The van der Waals surface area contributed by atoms with Gasteiger partial charge in [-0.25, -0.2) is 0 Å². The molecule has 2 N–H and O–H groups in total. The van der Waals surface area contributed by atoms with Gasteiger partial charge in [-0.15, -0.1) is 0 Å². The summed E-state index contributed by atoms with van der Waals surface area (Å²) in [5.74, 6) is 2.16. The predicted octanol–water partition coefficient (Wildman–Crippen LogP) is 0.444. The van der Waals surface area contributed by atoms with E-state index in [9.17, 15) is 4.79 Å². The first-order valence-electron chi connectivity index (χ1n) is 6.73. The quantitative estimate of drug-likeness (QED) is 0.836. The number of fused-ring (bicyclic) bond motifs is 1. The Morgan fingerprint density at radius 2 is 2.25 bits per heavy atom. The zero-order valence-electron chi connectivity index (χ0n) is 11.4. The van der Waals surface area contributed by atoms with Gasteiger partial charge in [-0.1, -0.05) is 0 Å². The normalized spacial score (nSPS) is 20.6. The van der Waals surface area contributed by atoms with Gasteiger partial charge in [0.2, 0.25) is 11.7 Å². The third-order valence-corrected chi connectivity index (χ3v) is 3.46. The highest BCUT2D eigenvalue weighted by Gasteiger charge is 2.22. The van der Waals surface area contributed by atoms with Gasteiger partial charge in [-0.2, -0.15) is 0 Å². The van der Waals surface area contributed by atoms with Crippen LogP contribution in [0.15, 0.2) is 12.1 Å². The molecule has 2 aliphatic rings. The Bertz CT molecular complexity index is 501. The van der Waals surface area contributed by atoms with Crippen molar-refractivity contribution >= 4 is 5.91 Å². The van der Waals surface area contributed by atoms with Crippen molar-refractivity contribution in [2.75, 3.05) is 26.9 Å². The summed E-state index contributed by atoms with van der Waals surface area (Å²) in [4.78, 5) is 11.1. The first-order valence-corrected chi connectivity index (χ1v) is 6.73. The first-order chi connectivity index (χ1) is 9.76. The third-order valence-electron chi connectivity index (χ3n) is 3.46. The Hall–Kier alpha value is -1.95. The minimum atomic E-state index is 0.0993. The summed E-state index contributed by atoms with van der Waals surface area (Å²) in [6, 6.07) is 4.07. The Balaban J connectivity index is 1.71. The fourth-order valence-electron chi connectivity index (χ4n) is 2.44. The molecule has 2 aliphatic heterocycles. The summed E-state index contributed by atoms with van der Waals surface area (Å²) in [5.41, 5.74) is 1.05. The predicted molar refractivity (Wildman–Crippen MR) is 72.2 cm³/mol. The molecule has 3 rings (SSSR count). The summed E-state index contributed by atoms with van der Waals surface area (Å²) in [6.45, 7) is 2.43. The summed E-state index contributed by atoms with van der Waals surface area (Å²) in [5, 5.41) is 6.16. The molecular weight excluding hydrogens is 260 g/mol. The van der Waals surface area contributed by atoms with Crippen LogP contribution in [0.5, 0.6) is 17.2 Å². The molecule has 1 atom stereocenters. The molecule has 0 aliphatic carbocycles. The zero-order chi connectivity index (χ0) is 13.9. The summed E-state index contributed by atoms with van der Waals surface area (Å²) < 4.78 is 16.5. The van der Waals surface area contributed by atoms with E-state index in [1.54, 1.807) is 7.11 Å². The maximum Gasteiger partial charge on any atom is 0.221 e. The molecule has 2 heterocycles. The fourth-order valence-corrected chi connectivity index (χ4v) is 2.44. The van der Waals surface area contributed by atoms with Gasteiger partial charge < -0.3 is 24.8 Å². The summed E-state index contributed by atoms with van der Waals surface area (Å²) >= 11 is 0. The van der Waals surface area contributed by atoms with Crippen LogP contribution in [-0.4, -0.2) is 38.8 Å². The van der Waals surface area contributed by atoms with Crippen LogP contribution in [0.4, 0.5) is 0 Å². The number of hydrogen-bond donors (Lipinski definition) is 2. The Morgan fingerprint density at radius 1 is 1.40 bits per heavy atom. The average Bonchev–Trinajstić information content (AvgIpc) is 2.90. The van der Waals surface area contributed by atoms with Crippen molar-refractivity contribution in [3.05, 3.63) is 17.7 Å². The highest BCUT2D eigenvalue weighted by atomic mass is 16.6. The molecule has 1 amide bonds. The van der Waals surface area contributed by atoms with Crippen LogP contribution in [-0.2, 0) is 11.3 Å². The smallest absolute Gasteiger partial charge is 0.221 e. The Kier molecular flexibility index (Phi) is 3.64. The highest BCUT2D eigenvalue weighted by molar-refractivity contribution is 5.78. The van der Waals surface area contributed by atoms with E-state index in [1.807, 2.05) is 12.1 Å². The van der Waals surface area contributed by atoms with Crippen molar-refractivity contribution in [3.8, 4) is 17.2 Å². The van der Waals surface area contributed by atoms with Crippen LogP contribution in [0.1, 0.15) is 12.0 Å². The second-order valence-electron chi connectivity index (χ2n) is 4.91. The molecule has 1 fully saturated rings. The van der Waals surface area contributed by atoms with Crippen molar-refractivity contribution in [2.24, 2.45) is 0 Å². The molecule has 20 heavy (non-hydrogen) atoms. The van der Waals surface area contributed by atoms with Gasteiger partial charge in [0.25, 0.3) is 0 Å². The van der Waals surface area contributed by atoms with Gasteiger partial charge in [-0.05, 0) is 17.7 Å². The number of ether oxygens (including phenoxy) is 3. The zero-order valence-corrected chi connectivity index (χ0v) is 11.4. The van der Waals surface area contributed by atoms with Crippen LogP contribution < -0.4 is 24.8 Å². The number of carbonyl (C=O) groups is 1. The van der Waals surface area contributed by atoms with Crippen molar-refractivity contribution in [1.82, 2.24) is 10.6 Å². The van der Waals surface area contributed by atoms with E-state index < -0.39 is 0 Å². The second kappa shape index (κ2) is 5.58. The minimum Gasteiger partial charge on any atom is -0.493 e. The van der Waals surface area contributed by atoms with Gasteiger partial charge in [-0.3, -0.25) is 4.79 Å². The molecule has 1 saturated heterocycles. The van der Waals surface area contributed by atoms with E-state index in [-0.39, 0.29) is 11.9 Å². The van der Waals surface area contributed by atoms with Crippen LogP contribution in [0.25, 0.3) is 0 Å². The van der Waals surface area contributed by atoms with Gasteiger partial charge in [0.05, 0.1) is 7.11 Å². The van der Waals surface area contributed by atoms with Crippen LogP contribution in [0, 0.1) is 0 Å². The molecular formula is C14H18N2O4. The average molecular weight is 278 g/mol. The Labute approximate surface area is 117 Å². The number of benzene rings is 1. The lowest BCUT2D eigenvalue weighted by molar-refractivity contribution is -0.119. The lowest BCUT2D eigenvalue weighted by atomic mass is 10.1. The van der Waals surface area contributed by atoms with Gasteiger partial charge in [0.1, 0.15) is 13.2 Å². The molecule has 0 radical (unpaired) electrons. The third kappa shape index (κ3) is 2.65. The fraction of sp³-hybridized carbons (Fsp3) is 0.500. The molecule has 0 bridgehead atoms. The monoisotopic (exact) mass is 278 g/mol. The molecule has 0 saturated carbocycles. The van der Waals surface area contributed by atoms with Gasteiger partial charge >= 0.3 is 0 Å². The van der Waals surface area contributed by atoms with Crippen molar-refractivity contribution in [3.63, 3.8) is 0 Å². The standard InChI is InChI=1S/C14H18N2O4/c1-18-11-4-9(5-12-14(11)20-3-2-19-12)7-15-10-6-13(17)16-8-10/h4-5,10,15H,2-3,6-8H2,1H3,(H,16,17). The number of hydrogen-bond acceptors (Lipinski definition) is 5. The molecule has 0 aromatic heterocycles. The largest absolute Gasteiger partial charge is 0.493 e. The van der Waals surface area contributed by atoms with Gasteiger partial charge in [0, 0.05) is 25.6 Å². The van der Waals surface area contributed by atoms with Crippen molar-refractivity contribution < 1.29 is 19.0 Å². The van der Waals surface area contributed by atoms with Crippen molar-refractivity contribution in [1.29, 1.82) is 0 Å². The van der Waals surface area contributed by atoms with E-state index in [0.29, 0.717) is 50.0 Å². The number of amides is 1. The van der Waals surface area contributed by atoms with Crippen LogP contribution in [0.2, 0.25) is 0 Å². The van der Waals surface area contributed by atoms with E-state index in [0.717, 1.165) is 5.56 Å². The minimum absolute atomic E-state index is 0.0993. The lowest BCUT2D eigenvalue weighted by Gasteiger charge is -2.22. The molecule has 6 heteroatoms. The molecule has 108 valence electrons. The maximum absolute atomic E-state index is 11.1. The highest BCUT2D eigenvalue weighted by Crippen LogP contribution is 2.40. The number of rotatable bonds is 4. The van der Waals surface area contributed by atoms with E-state index in [2.05, 4.69) is 10.6 Å². The van der Waals surface area contributed by atoms with Crippen LogP contribution in [0.3, 0.4) is 0 Å². The van der Waals surface area contributed by atoms with E-state index in [1.165, 1.54) is 0 Å². The SMILES string of the molecule is COc1cc(CNC2CNC(=O)C2)cc2c1OCCO2. The molecule has 6 nitrogen and oxygen atoms in total. The topological polar surface area (TPSA) is 68.8 Å². The number of carbonyl (C=O) groups excluding carboxylic acids is 1. The maximum atomic E-state index is 11.1. The molecule has 1 unspecified atom stereocenters. The van der Waals surface area contributed by atoms with Crippen LogP contribution >= 0.6 is 0 Å². The molecule has 1 aromatic rings. The first kappa shape index (κ1) is 13.1. The lowest BCUT2D eigenvalue weighted by Crippen LogP contribution is -2.30. The van der Waals surface area contributed by atoms with Crippen molar-refractivity contribution in [2.45, 2.75) is 19.0 Å². The van der Waals surface area contributed by atoms with E-state index >= 15 is 0 Å². The summed E-state index contributed by atoms with van der Waals surface area (Å²) in [6.07, 6.45) is 0.529. The van der Waals surface area contributed by atoms with E-state index in [4.69, 9.17) is 14.2 Å². The molecule has 1 aromatic carbocycles.